The molecule has 0 saturated carbocycles. The number of aromatic nitrogens is 2. The molecular weight excluding hydrogens is 246 g/mol. The lowest BCUT2D eigenvalue weighted by Crippen LogP contribution is -2.11. The van der Waals surface area contributed by atoms with E-state index in [0.717, 1.165) is 0 Å². The van der Waals surface area contributed by atoms with Crippen molar-refractivity contribution in [2.24, 2.45) is 5.18 Å². The maximum absolute atomic E-state index is 12.0. The van der Waals surface area contributed by atoms with Gasteiger partial charge in [-0.3, -0.25) is 0 Å². The second-order valence-electron chi connectivity index (χ2n) is 2.07. The average Bonchev–Trinajstić information content (AvgIpc) is 2.01. The van der Waals surface area contributed by atoms with Crippen LogP contribution in [0.2, 0.25) is 10.3 Å². The molecule has 0 atom stereocenters. The minimum atomic E-state index is -4.77. The van der Waals surface area contributed by atoms with E-state index in [2.05, 4.69) is 15.1 Å². The van der Waals surface area contributed by atoms with Crippen LogP contribution in [0.1, 0.15) is 5.82 Å². The topological polar surface area (TPSA) is 55.2 Å². The van der Waals surface area contributed by atoms with E-state index in [4.69, 9.17) is 23.2 Å². The number of halogens is 5. The van der Waals surface area contributed by atoms with E-state index >= 15 is 0 Å². The molecule has 9 heteroatoms. The van der Waals surface area contributed by atoms with Crippen molar-refractivity contribution in [2.45, 2.75) is 6.18 Å². The third kappa shape index (κ3) is 2.10. The fraction of sp³-hybridized carbons (Fsp3) is 0.200. The van der Waals surface area contributed by atoms with Crippen molar-refractivity contribution in [1.82, 2.24) is 9.97 Å². The second-order valence-corrected chi connectivity index (χ2v) is 2.78. The monoisotopic (exact) mass is 245 g/mol. The zero-order valence-corrected chi connectivity index (χ0v) is 7.65. The third-order valence-electron chi connectivity index (χ3n) is 1.14. The Bertz CT molecular complexity index is 358. The summed E-state index contributed by atoms with van der Waals surface area (Å²) in [7, 11) is 0. The van der Waals surface area contributed by atoms with Gasteiger partial charge in [0.05, 0.1) is 0 Å². The van der Waals surface area contributed by atoms with Crippen LogP contribution in [-0.4, -0.2) is 9.97 Å². The molecule has 76 valence electrons. The van der Waals surface area contributed by atoms with Gasteiger partial charge in [0.25, 0.3) is 0 Å². The van der Waals surface area contributed by atoms with Gasteiger partial charge in [-0.2, -0.15) is 13.2 Å². The molecule has 1 heterocycles. The number of hydrogen-bond acceptors (Lipinski definition) is 4. The maximum Gasteiger partial charge on any atom is 0.451 e. The van der Waals surface area contributed by atoms with E-state index in [1.54, 1.807) is 0 Å². The Kier molecular flexibility index (Phi) is 2.91. The fourth-order valence-corrected chi connectivity index (χ4v) is 1.06. The Morgan fingerprint density at radius 1 is 1.14 bits per heavy atom. The van der Waals surface area contributed by atoms with Crippen molar-refractivity contribution >= 4 is 28.9 Å². The molecule has 14 heavy (non-hydrogen) atoms. The van der Waals surface area contributed by atoms with Gasteiger partial charge in [-0.25, -0.2) is 9.97 Å². The van der Waals surface area contributed by atoms with Crippen molar-refractivity contribution in [1.29, 1.82) is 0 Å². The minimum Gasteiger partial charge on any atom is -0.210 e. The SMILES string of the molecule is O=Nc1c(Cl)nc(C(F)(F)F)nc1Cl. The standard InChI is InChI=1S/C5Cl2F3N3O/c6-2-1(13-14)3(7)12-4(11-2)5(8,9)10. The Morgan fingerprint density at radius 3 is 1.86 bits per heavy atom. The molecule has 0 aromatic carbocycles. The molecule has 0 aliphatic carbocycles. The van der Waals surface area contributed by atoms with Crippen LogP contribution < -0.4 is 0 Å². The highest BCUT2D eigenvalue weighted by molar-refractivity contribution is 6.37. The molecule has 0 N–H and O–H groups in total. The van der Waals surface area contributed by atoms with Gasteiger partial charge in [0.2, 0.25) is 5.82 Å². The summed E-state index contributed by atoms with van der Waals surface area (Å²) < 4.78 is 36.1. The molecule has 0 spiro atoms. The predicted molar refractivity (Wildman–Crippen MR) is 42.5 cm³/mol. The smallest absolute Gasteiger partial charge is 0.210 e. The van der Waals surface area contributed by atoms with Gasteiger partial charge in [-0.1, -0.05) is 23.2 Å². The highest BCUT2D eigenvalue weighted by atomic mass is 35.5. The largest absolute Gasteiger partial charge is 0.451 e. The van der Waals surface area contributed by atoms with E-state index < -0.39 is 28.0 Å². The summed E-state index contributed by atoms with van der Waals surface area (Å²) in [4.78, 5) is 15.7. The van der Waals surface area contributed by atoms with Crippen LogP contribution in [0.5, 0.6) is 0 Å². The number of alkyl halides is 3. The quantitative estimate of drug-likeness (QED) is 0.564. The van der Waals surface area contributed by atoms with Crippen LogP contribution in [0.25, 0.3) is 0 Å². The minimum absolute atomic E-state index is 0.610. The molecule has 0 bridgehead atoms. The summed E-state index contributed by atoms with van der Waals surface area (Å²) >= 11 is 10.4. The van der Waals surface area contributed by atoms with Crippen LogP contribution in [0.3, 0.4) is 0 Å². The Balaban J connectivity index is 3.35. The molecule has 0 aliphatic heterocycles. The maximum atomic E-state index is 12.0. The molecule has 1 rings (SSSR count). The highest BCUT2D eigenvalue weighted by Gasteiger charge is 2.36. The summed E-state index contributed by atoms with van der Waals surface area (Å²) in [6, 6.07) is 0. The third-order valence-corrected chi connectivity index (χ3v) is 1.67. The van der Waals surface area contributed by atoms with E-state index in [1.165, 1.54) is 0 Å². The first kappa shape index (κ1) is 11.1. The average molecular weight is 246 g/mol. The van der Waals surface area contributed by atoms with E-state index in [9.17, 15) is 18.1 Å². The van der Waals surface area contributed by atoms with E-state index in [0.29, 0.717) is 0 Å². The Morgan fingerprint density at radius 2 is 1.57 bits per heavy atom. The van der Waals surface area contributed by atoms with Crippen molar-refractivity contribution in [3.05, 3.63) is 21.0 Å². The first-order chi connectivity index (χ1) is 6.36. The highest BCUT2D eigenvalue weighted by Crippen LogP contribution is 2.34. The van der Waals surface area contributed by atoms with Crippen LogP contribution in [-0.2, 0) is 6.18 Å². The lowest BCUT2D eigenvalue weighted by atomic mass is 10.5. The lowest BCUT2D eigenvalue weighted by molar-refractivity contribution is -0.144. The summed E-state index contributed by atoms with van der Waals surface area (Å²) in [5.74, 6) is -1.51. The van der Waals surface area contributed by atoms with Crippen LogP contribution in [0.15, 0.2) is 5.18 Å². The molecule has 0 unspecified atom stereocenters. The normalized spacial score (nSPS) is 11.5. The Labute approximate surface area is 85.0 Å². The number of rotatable bonds is 1. The predicted octanol–water partition coefficient (Wildman–Crippen LogP) is 3.20. The van der Waals surface area contributed by atoms with E-state index in [1.807, 2.05) is 0 Å². The van der Waals surface area contributed by atoms with Crippen LogP contribution >= 0.6 is 23.2 Å². The van der Waals surface area contributed by atoms with Gasteiger partial charge in [-0.05, 0) is 5.18 Å². The molecule has 0 radical (unpaired) electrons. The second kappa shape index (κ2) is 3.66. The summed E-state index contributed by atoms with van der Waals surface area (Å²) in [6.07, 6.45) is -4.77. The van der Waals surface area contributed by atoms with Gasteiger partial charge in [0.1, 0.15) is 0 Å². The number of nitrogens with zero attached hydrogens (tertiary/aromatic N) is 3. The van der Waals surface area contributed by atoms with Crippen LogP contribution in [0, 0.1) is 4.91 Å². The molecule has 0 aliphatic rings. The molecule has 0 fully saturated rings. The fourth-order valence-electron chi connectivity index (χ4n) is 0.604. The number of hydrogen-bond donors (Lipinski definition) is 0. The molecule has 1 aromatic rings. The van der Waals surface area contributed by atoms with Crippen molar-refractivity contribution in [3.8, 4) is 0 Å². The molecule has 4 nitrogen and oxygen atoms in total. The van der Waals surface area contributed by atoms with Gasteiger partial charge in [0, 0.05) is 0 Å². The van der Waals surface area contributed by atoms with Crippen molar-refractivity contribution < 1.29 is 13.2 Å². The molecule has 0 saturated heterocycles. The van der Waals surface area contributed by atoms with Gasteiger partial charge in [0.15, 0.2) is 16.0 Å². The zero-order chi connectivity index (χ0) is 10.9. The van der Waals surface area contributed by atoms with Crippen molar-refractivity contribution in [2.75, 3.05) is 0 Å². The lowest BCUT2D eigenvalue weighted by Gasteiger charge is -2.05. The summed E-state index contributed by atoms with van der Waals surface area (Å²) in [5, 5.41) is 0.828. The first-order valence-electron chi connectivity index (χ1n) is 3.00. The van der Waals surface area contributed by atoms with Gasteiger partial charge in [-0.15, -0.1) is 4.91 Å². The first-order valence-corrected chi connectivity index (χ1v) is 3.75. The van der Waals surface area contributed by atoms with Crippen molar-refractivity contribution in [3.63, 3.8) is 0 Å². The Hall–Kier alpha value is -0.950. The van der Waals surface area contributed by atoms with Crippen LogP contribution in [0.4, 0.5) is 18.9 Å². The molecular formula is C5Cl2F3N3O. The summed E-state index contributed by atoms with van der Waals surface area (Å²) in [5.41, 5.74) is -0.610. The van der Waals surface area contributed by atoms with Gasteiger partial charge < -0.3 is 0 Å². The molecule has 1 aromatic heterocycles. The number of nitroso groups, excluding NO2 is 1. The van der Waals surface area contributed by atoms with E-state index in [-0.39, 0.29) is 0 Å². The van der Waals surface area contributed by atoms with Gasteiger partial charge >= 0.3 is 6.18 Å². The molecule has 0 amide bonds. The zero-order valence-electron chi connectivity index (χ0n) is 6.14. The summed E-state index contributed by atoms with van der Waals surface area (Å²) in [6.45, 7) is 0.